The normalized spacial score (nSPS) is 16.4. The van der Waals surface area contributed by atoms with Crippen LogP contribution in [0.1, 0.15) is 25.6 Å². The fourth-order valence-corrected chi connectivity index (χ4v) is 3.04. The molecule has 0 atom stereocenters. The van der Waals surface area contributed by atoms with E-state index in [0.717, 1.165) is 31.0 Å². The molecule has 1 aromatic heterocycles. The summed E-state index contributed by atoms with van der Waals surface area (Å²) in [6.07, 6.45) is 1.99. The molecule has 2 aromatic rings. The van der Waals surface area contributed by atoms with Crippen LogP contribution in [-0.4, -0.2) is 29.9 Å². The minimum absolute atomic E-state index is 0.500. The van der Waals surface area contributed by atoms with E-state index in [2.05, 4.69) is 33.1 Å². The SMILES string of the molecule is CC.CN1Cc2c(cnn2C2CNC2)-c2cccc(N)c21. The molecule has 0 saturated carbocycles. The molecule has 2 aliphatic heterocycles. The number of nitrogen functional groups attached to an aromatic ring is 1. The minimum Gasteiger partial charge on any atom is -0.397 e. The molecule has 3 heterocycles. The summed E-state index contributed by atoms with van der Waals surface area (Å²) in [5, 5.41) is 7.89. The van der Waals surface area contributed by atoms with Crippen molar-refractivity contribution in [3.05, 3.63) is 30.1 Å². The van der Waals surface area contributed by atoms with Crippen LogP contribution in [0.3, 0.4) is 0 Å². The second kappa shape index (κ2) is 5.41. The summed E-state index contributed by atoms with van der Waals surface area (Å²) >= 11 is 0. The molecule has 0 amide bonds. The van der Waals surface area contributed by atoms with E-state index in [4.69, 9.17) is 5.73 Å². The highest BCUT2D eigenvalue weighted by atomic mass is 15.4. The van der Waals surface area contributed by atoms with E-state index < -0.39 is 0 Å². The number of hydrogen-bond donors (Lipinski definition) is 2. The van der Waals surface area contributed by atoms with Crippen LogP contribution in [0.4, 0.5) is 11.4 Å². The molecule has 0 aliphatic carbocycles. The van der Waals surface area contributed by atoms with Gasteiger partial charge in [0.05, 0.1) is 35.9 Å². The molecule has 3 N–H and O–H groups in total. The second-order valence-corrected chi connectivity index (χ2v) is 5.36. The Morgan fingerprint density at radius 2 is 2.00 bits per heavy atom. The molecule has 112 valence electrons. The van der Waals surface area contributed by atoms with E-state index in [9.17, 15) is 0 Å². The van der Waals surface area contributed by atoms with Gasteiger partial charge in [-0.2, -0.15) is 5.10 Å². The standard InChI is InChI=1S/C14H17N5.C2H6/c1-18-8-13-11(7-17-19(13)9-5-16-6-9)10-3-2-4-12(15)14(10)18;1-2/h2-4,7,9,16H,5-6,8,15H2,1H3;1-2H3. The van der Waals surface area contributed by atoms with Crippen molar-refractivity contribution in [3.8, 4) is 11.1 Å². The van der Waals surface area contributed by atoms with E-state index >= 15 is 0 Å². The zero-order valence-electron chi connectivity index (χ0n) is 12.9. The lowest BCUT2D eigenvalue weighted by atomic mass is 9.98. The van der Waals surface area contributed by atoms with Crippen LogP contribution in [0.25, 0.3) is 11.1 Å². The lowest BCUT2D eigenvalue weighted by Gasteiger charge is -2.33. The molecule has 0 unspecified atom stereocenters. The molecule has 5 nitrogen and oxygen atoms in total. The predicted molar refractivity (Wildman–Crippen MR) is 87.4 cm³/mol. The number of fused-ring (bicyclic) bond motifs is 3. The highest BCUT2D eigenvalue weighted by Crippen LogP contribution is 2.42. The molecule has 0 bridgehead atoms. The van der Waals surface area contributed by atoms with Crippen molar-refractivity contribution in [3.63, 3.8) is 0 Å². The molecule has 2 aliphatic rings. The zero-order valence-corrected chi connectivity index (χ0v) is 12.9. The first-order chi connectivity index (χ1) is 10.3. The Kier molecular flexibility index (Phi) is 3.59. The van der Waals surface area contributed by atoms with Crippen LogP contribution in [0, 0.1) is 0 Å². The second-order valence-electron chi connectivity index (χ2n) is 5.36. The first kappa shape index (κ1) is 13.9. The van der Waals surface area contributed by atoms with Crippen molar-refractivity contribution in [2.45, 2.75) is 26.4 Å². The van der Waals surface area contributed by atoms with Crippen LogP contribution < -0.4 is 16.0 Å². The van der Waals surface area contributed by atoms with Gasteiger partial charge in [0.2, 0.25) is 0 Å². The monoisotopic (exact) mass is 285 g/mol. The largest absolute Gasteiger partial charge is 0.397 e. The third kappa shape index (κ3) is 2.08. The number of rotatable bonds is 1. The maximum atomic E-state index is 6.11. The molecular weight excluding hydrogens is 262 g/mol. The summed E-state index contributed by atoms with van der Waals surface area (Å²) in [5.41, 5.74) is 11.8. The number of para-hydroxylation sites is 1. The molecular formula is C16H23N5. The van der Waals surface area contributed by atoms with Crippen molar-refractivity contribution in [2.75, 3.05) is 30.8 Å². The quantitative estimate of drug-likeness (QED) is 0.789. The van der Waals surface area contributed by atoms with Crippen LogP contribution in [-0.2, 0) is 6.54 Å². The Morgan fingerprint density at radius 3 is 2.67 bits per heavy atom. The summed E-state index contributed by atoms with van der Waals surface area (Å²) in [6, 6.07) is 6.60. The third-order valence-corrected chi connectivity index (χ3v) is 4.13. The van der Waals surface area contributed by atoms with Crippen LogP contribution in [0.15, 0.2) is 24.4 Å². The third-order valence-electron chi connectivity index (χ3n) is 4.13. The maximum absolute atomic E-state index is 6.11. The fraction of sp³-hybridized carbons (Fsp3) is 0.438. The molecule has 5 heteroatoms. The molecule has 4 rings (SSSR count). The Bertz CT molecular complexity index is 642. The molecule has 1 saturated heterocycles. The summed E-state index contributed by atoms with van der Waals surface area (Å²) in [6.45, 7) is 6.90. The Morgan fingerprint density at radius 1 is 1.24 bits per heavy atom. The lowest BCUT2D eigenvalue weighted by molar-refractivity contribution is 0.310. The number of anilines is 2. The minimum atomic E-state index is 0.500. The topological polar surface area (TPSA) is 59.1 Å². The fourth-order valence-electron chi connectivity index (χ4n) is 3.04. The Hall–Kier alpha value is -2.01. The average molecular weight is 285 g/mol. The highest BCUT2D eigenvalue weighted by Gasteiger charge is 2.29. The predicted octanol–water partition coefficient (Wildman–Crippen LogP) is 2.25. The van der Waals surface area contributed by atoms with Crippen molar-refractivity contribution < 1.29 is 0 Å². The van der Waals surface area contributed by atoms with E-state index in [1.807, 2.05) is 32.2 Å². The average Bonchev–Trinajstić information content (AvgIpc) is 2.83. The van der Waals surface area contributed by atoms with Gasteiger partial charge in [-0.15, -0.1) is 0 Å². The van der Waals surface area contributed by atoms with E-state index in [1.165, 1.54) is 16.8 Å². The number of aromatic nitrogens is 2. The summed E-state index contributed by atoms with van der Waals surface area (Å²) < 4.78 is 2.18. The van der Waals surface area contributed by atoms with E-state index in [-0.39, 0.29) is 0 Å². The van der Waals surface area contributed by atoms with Crippen molar-refractivity contribution in [1.82, 2.24) is 15.1 Å². The van der Waals surface area contributed by atoms with Gasteiger partial charge in [0.15, 0.2) is 0 Å². The molecule has 21 heavy (non-hydrogen) atoms. The zero-order chi connectivity index (χ0) is 15.0. The van der Waals surface area contributed by atoms with Crippen molar-refractivity contribution in [2.24, 2.45) is 0 Å². The molecule has 0 radical (unpaired) electrons. The van der Waals surface area contributed by atoms with Gasteiger partial charge in [0.25, 0.3) is 0 Å². The van der Waals surface area contributed by atoms with E-state index in [0.29, 0.717) is 6.04 Å². The molecule has 0 spiro atoms. The maximum Gasteiger partial charge on any atom is 0.0771 e. The van der Waals surface area contributed by atoms with Gasteiger partial charge in [-0.1, -0.05) is 26.0 Å². The number of nitrogens with one attached hydrogen (secondary N) is 1. The van der Waals surface area contributed by atoms with Crippen LogP contribution in [0.2, 0.25) is 0 Å². The molecule has 1 aromatic carbocycles. The number of benzene rings is 1. The first-order valence-corrected chi connectivity index (χ1v) is 7.63. The Balaban J connectivity index is 0.000000636. The smallest absolute Gasteiger partial charge is 0.0771 e. The van der Waals surface area contributed by atoms with E-state index in [1.54, 1.807) is 0 Å². The van der Waals surface area contributed by atoms with Crippen molar-refractivity contribution in [1.29, 1.82) is 0 Å². The number of nitrogens with zero attached hydrogens (tertiary/aromatic N) is 3. The number of hydrogen-bond acceptors (Lipinski definition) is 4. The van der Waals surface area contributed by atoms with Gasteiger partial charge in [0.1, 0.15) is 0 Å². The van der Waals surface area contributed by atoms with Crippen LogP contribution in [0.5, 0.6) is 0 Å². The first-order valence-electron chi connectivity index (χ1n) is 7.63. The van der Waals surface area contributed by atoms with Crippen LogP contribution >= 0.6 is 0 Å². The number of nitrogens with two attached hydrogens (primary N) is 1. The summed E-state index contributed by atoms with van der Waals surface area (Å²) in [4.78, 5) is 2.22. The summed E-state index contributed by atoms with van der Waals surface area (Å²) in [7, 11) is 2.09. The van der Waals surface area contributed by atoms with Gasteiger partial charge in [-0.3, -0.25) is 4.68 Å². The summed E-state index contributed by atoms with van der Waals surface area (Å²) in [5.74, 6) is 0. The highest BCUT2D eigenvalue weighted by molar-refractivity contribution is 5.89. The van der Waals surface area contributed by atoms with Crippen molar-refractivity contribution >= 4 is 11.4 Å². The van der Waals surface area contributed by atoms with Gasteiger partial charge < -0.3 is 16.0 Å². The molecule has 1 fully saturated rings. The van der Waals surface area contributed by atoms with Gasteiger partial charge in [-0.05, 0) is 6.07 Å². The van der Waals surface area contributed by atoms with Gasteiger partial charge >= 0.3 is 0 Å². The Labute approximate surface area is 125 Å². The lowest BCUT2D eigenvalue weighted by Crippen LogP contribution is -2.44. The van der Waals surface area contributed by atoms with Gasteiger partial charge in [-0.25, -0.2) is 0 Å². The van der Waals surface area contributed by atoms with Gasteiger partial charge in [0, 0.05) is 31.3 Å².